The molecule has 1 aromatic carbocycles. The van der Waals surface area contributed by atoms with E-state index in [0.29, 0.717) is 12.4 Å². The van der Waals surface area contributed by atoms with Crippen LogP contribution in [0.1, 0.15) is 37.3 Å². The first kappa shape index (κ1) is 16.0. The van der Waals surface area contributed by atoms with Gasteiger partial charge in [0.05, 0.1) is 12.7 Å². The zero-order valence-corrected chi connectivity index (χ0v) is 13.1. The smallest absolute Gasteiger partial charge is 0.340 e. The van der Waals surface area contributed by atoms with Gasteiger partial charge in [0.1, 0.15) is 5.75 Å². The van der Waals surface area contributed by atoms with E-state index >= 15 is 0 Å². The summed E-state index contributed by atoms with van der Waals surface area (Å²) in [5.74, 6) is 0.273. The predicted octanol–water partition coefficient (Wildman–Crippen LogP) is 3.18. The van der Waals surface area contributed by atoms with Gasteiger partial charge in [-0.2, -0.15) is 0 Å². The van der Waals surface area contributed by atoms with Crippen molar-refractivity contribution in [1.29, 1.82) is 0 Å². The Morgan fingerprint density at radius 1 is 1.33 bits per heavy atom. The number of ether oxygens (including phenoxy) is 3. The van der Waals surface area contributed by atoms with Crippen LogP contribution in [0.4, 0.5) is 0 Å². The Morgan fingerprint density at radius 2 is 2.05 bits per heavy atom. The van der Waals surface area contributed by atoms with Gasteiger partial charge < -0.3 is 14.2 Å². The molecule has 4 heteroatoms. The molecule has 0 aliphatic carbocycles. The first-order chi connectivity index (χ1) is 10.1. The zero-order chi connectivity index (χ0) is 15.2. The summed E-state index contributed by atoms with van der Waals surface area (Å²) < 4.78 is 16.7. The summed E-state index contributed by atoms with van der Waals surface area (Å²) in [6, 6.07) is 5.80. The summed E-state index contributed by atoms with van der Waals surface area (Å²) in [4.78, 5) is 12.1. The molecule has 0 radical (unpaired) electrons. The van der Waals surface area contributed by atoms with Gasteiger partial charge in [0.2, 0.25) is 0 Å². The van der Waals surface area contributed by atoms with Gasteiger partial charge in [-0.05, 0) is 51.2 Å². The molecule has 1 aliphatic heterocycles. The summed E-state index contributed by atoms with van der Waals surface area (Å²) in [7, 11) is 0. The fourth-order valence-corrected chi connectivity index (χ4v) is 2.40. The molecule has 116 valence electrons. The number of esters is 1. The number of carbonyl (C=O) groups is 1. The first-order valence-electron chi connectivity index (χ1n) is 7.59. The van der Waals surface area contributed by atoms with E-state index in [1.165, 1.54) is 0 Å². The van der Waals surface area contributed by atoms with Crippen LogP contribution in [0.5, 0.6) is 5.75 Å². The van der Waals surface area contributed by atoms with Crippen LogP contribution in [0.3, 0.4) is 0 Å². The van der Waals surface area contributed by atoms with Crippen molar-refractivity contribution in [2.75, 3.05) is 13.2 Å². The third-order valence-electron chi connectivity index (χ3n) is 3.75. The van der Waals surface area contributed by atoms with E-state index < -0.39 is 6.10 Å². The maximum Gasteiger partial charge on any atom is 0.340 e. The van der Waals surface area contributed by atoms with Gasteiger partial charge in [-0.1, -0.05) is 18.2 Å². The fraction of sp³-hybridized carbons (Fsp3) is 0.588. The number of aryl methyl sites for hydroxylation is 2. The van der Waals surface area contributed by atoms with Crippen molar-refractivity contribution in [2.24, 2.45) is 0 Å². The maximum atomic E-state index is 12.1. The molecule has 2 atom stereocenters. The summed E-state index contributed by atoms with van der Waals surface area (Å²) in [6.07, 6.45) is 2.79. The minimum absolute atomic E-state index is 0.106. The van der Waals surface area contributed by atoms with Gasteiger partial charge in [-0.3, -0.25) is 0 Å². The molecule has 1 saturated heterocycles. The number of para-hydroxylation sites is 1. The second-order valence-corrected chi connectivity index (χ2v) is 5.61. The van der Waals surface area contributed by atoms with Crippen LogP contribution >= 0.6 is 0 Å². The van der Waals surface area contributed by atoms with E-state index in [9.17, 15) is 4.79 Å². The third-order valence-corrected chi connectivity index (χ3v) is 3.75. The lowest BCUT2D eigenvalue weighted by Gasteiger charge is -2.23. The molecule has 2 unspecified atom stereocenters. The van der Waals surface area contributed by atoms with E-state index in [-0.39, 0.29) is 12.1 Å². The van der Waals surface area contributed by atoms with Gasteiger partial charge in [0.25, 0.3) is 0 Å². The molecule has 2 rings (SSSR count). The number of hydrogen-bond donors (Lipinski definition) is 0. The first-order valence-corrected chi connectivity index (χ1v) is 7.59. The van der Waals surface area contributed by atoms with Gasteiger partial charge in [-0.15, -0.1) is 0 Å². The highest BCUT2D eigenvalue weighted by molar-refractivity contribution is 5.77. The molecule has 0 amide bonds. The Bertz CT molecular complexity index is 457. The molecule has 0 spiro atoms. The van der Waals surface area contributed by atoms with E-state index in [1.807, 2.05) is 32.0 Å². The Hall–Kier alpha value is -1.39. The highest BCUT2D eigenvalue weighted by Crippen LogP contribution is 2.23. The van der Waals surface area contributed by atoms with Crippen molar-refractivity contribution in [2.45, 2.75) is 52.2 Å². The lowest BCUT2D eigenvalue weighted by molar-refractivity contribution is -0.149. The molecule has 1 fully saturated rings. The normalized spacial score (nSPS) is 20.0. The SMILES string of the molecule is Cc1cccc(C)c1OC(=O)C(C)OCC1CCCCO1. The lowest BCUT2D eigenvalue weighted by Crippen LogP contribution is -2.32. The second kappa shape index (κ2) is 7.57. The Labute approximate surface area is 126 Å². The van der Waals surface area contributed by atoms with Crippen molar-refractivity contribution >= 4 is 5.97 Å². The van der Waals surface area contributed by atoms with Crippen molar-refractivity contribution in [3.63, 3.8) is 0 Å². The van der Waals surface area contributed by atoms with E-state index in [1.54, 1.807) is 6.92 Å². The zero-order valence-electron chi connectivity index (χ0n) is 13.1. The summed E-state index contributed by atoms with van der Waals surface area (Å²) in [6.45, 7) is 6.81. The minimum atomic E-state index is -0.588. The molecule has 0 bridgehead atoms. The van der Waals surface area contributed by atoms with Gasteiger partial charge in [0.15, 0.2) is 6.10 Å². The molecule has 21 heavy (non-hydrogen) atoms. The highest BCUT2D eigenvalue weighted by atomic mass is 16.6. The molecule has 4 nitrogen and oxygen atoms in total. The average Bonchev–Trinajstić information content (AvgIpc) is 2.49. The van der Waals surface area contributed by atoms with Crippen LogP contribution in [-0.2, 0) is 14.3 Å². The Balaban J connectivity index is 1.84. The monoisotopic (exact) mass is 292 g/mol. The van der Waals surface area contributed by atoms with Crippen LogP contribution in [0.25, 0.3) is 0 Å². The van der Waals surface area contributed by atoms with E-state index in [2.05, 4.69) is 0 Å². The molecule has 1 aromatic rings. The average molecular weight is 292 g/mol. The fourth-order valence-electron chi connectivity index (χ4n) is 2.40. The molecular weight excluding hydrogens is 268 g/mol. The molecule has 1 aliphatic rings. The largest absolute Gasteiger partial charge is 0.424 e. The van der Waals surface area contributed by atoms with Crippen LogP contribution in [0.2, 0.25) is 0 Å². The van der Waals surface area contributed by atoms with Crippen molar-refractivity contribution < 1.29 is 19.0 Å². The summed E-state index contributed by atoms with van der Waals surface area (Å²) in [5.41, 5.74) is 1.90. The summed E-state index contributed by atoms with van der Waals surface area (Å²) >= 11 is 0. The summed E-state index contributed by atoms with van der Waals surface area (Å²) in [5, 5.41) is 0. The van der Waals surface area contributed by atoms with Gasteiger partial charge in [-0.25, -0.2) is 4.79 Å². The predicted molar refractivity (Wildman–Crippen MR) is 80.6 cm³/mol. The maximum absolute atomic E-state index is 12.1. The Morgan fingerprint density at radius 3 is 2.67 bits per heavy atom. The molecule has 1 heterocycles. The molecule has 0 aromatic heterocycles. The number of benzene rings is 1. The Kier molecular flexibility index (Phi) is 5.76. The molecule has 0 saturated carbocycles. The van der Waals surface area contributed by atoms with Gasteiger partial charge in [0, 0.05) is 6.61 Å². The third kappa shape index (κ3) is 4.55. The topological polar surface area (TPSA) is 44.8 Å². The number of rotatable bonds is 5. The van der Waals surface area contributed by atoms with Crippen molar-refractivity contribution in [3.05, 3.63) is 29.3 Å². The van der Waals surface area contributed by atoms with Gasteiger partial charge >= 0.3 is 5.97 Å². The van der Waals surface area contributed by atoms with Crippen LogP contribution in [-0.4, -0.2) is 31.4 Å². The number of hydrogen-bond acceptors (Lipinski definition) is 4. The second-order valence-electron chi connectivity index (χ2n) is 5.61. The quantitative estimate of drug-likeness (QED) is 0.617. The number of carbonyl (C=O) groups excluding carboxylic acids is 1. The minimum Gasteiger partial charge on any atom is -0.424 e. The van der Waals surface area contributed by atoms with Crippen molar-refractivity contribution in [3.8, 4) is 5.75 Å². The van der Waals surface area contributed by atoms with Crippen LogP contribution in [0, 0.1) is 13.8 Å². The molecular formula is C17H24O4. The molecule has 0 N–H and O–H groups in total. The van der Waals surface area contributed by atoms with E-state index in [4.69, 9.17) is 14.2 Å². The lowest BCUT2D eigenvalue weighted by atomic mass is 10.1. The van der Waals surface area contributed by atoms with Crippen LogP contribution < -0.4 is 4.74 Å². The van der Waals surface area contributed by atoms with Crippen LogP contribution in [0.15, 0.2) is 18.2 Å². The van der Waals surface area contributed by atoms with E-state index in [0.717, 1.165) is 37.0 Å². The highest BCUT2D eigenvalue weighted by Gasteiger charge is 2.21. The standard InChI is InChI=1S/C17H24O4/c1-12-7-6-8-13(2)16(12)21-17(18)14(3)20-11-15-9-4-5-10-19-15/h6-8,14-15H,4-5,9-11H2,1-3H3. The van der Waals surface area contributed by atoms with Crippen molar-refractivity contribution in [1.82, 2.24) is 0 Å².